The van der Waals surface area contributed by atoms with Crippen molar-refractivity contribution in [1.29, 1.82) is 0 Å². The molecule has 1 saturated heterocycles. The van der Waals surface area contributed by atoms with E-state index in [4.69, 9.17) is 10.5 Å². The zero-order valence-corrected chi connectivity index (χ0v) is 11.5. The number of nitrogens with zero attached hydrogens (tertiary/aromatic N) is 3. The minimum Gasteiger partial charge on any atom is -0.377 e. The minimum absolute atomic E-state index is 0.0829. The number of rotatable bonds is 3. The van der Waals surface area contributed by atoms with Crippen molar-refractivity contribution in [3.63, 3.8) is 0 Å². The molecule has 0 aromatic carbocycles. The van der Waals surface area contributed by atoms with Gasteiger partial charge in [0.2, 0.25) is 0 Å². The summed E-state index contributed by atoms with van der Waals surface area (Å²) in [6.07, 6.45) is 5.31. The summed E-state index contributed by atoms with van der Waals surface area (Å²) in [5.41, 5.74) is 7.38. The lowest BCUT2D eigenvalue weighted by Crippen LogP contribution is -2.42. The lowest BCUT2D eigenvalue weighted by Gasteiger charge is -2.33. The topological polar surface area (TPSA) is 56.3 Å². The molecule has 1 fully saturated rings. The van der Waals surface area contributed by atoms with Crippen molar-refractivity contribution in [3.8, 4) is 0 Å². The van der Waals surface area contributed by atoms with Crippen molar-refractivity contribution in [3.05, 3.63) is 18.0 Å². The molecule has 18 heavy (non-hydrogen) atoms. The molecule has 1 aliphatic rings. The molecule has 0 saturated carbocycles. The fourth-order valence-corrected chi connectivity index (χ4v) is 2.72. The summed E-state index contributed by atoms with van der Waals surface area (Å²) in [5, 5.41) is 4.26. The molecule has 2 N–H and O–H groups in total. The molecule has 5 nitrogen and oxygen atoms in total. The molecule has 3 unspecified atom stereocenters. The Labute approximate surface area is 109 Å². The van der Waals surface area contributed by atoms with E-state index in [0.717, 1.165) is 26.1 Å². The SMILES string of the molecule is CC1CN(C(c2cnn(C)c2)C(C)N)CCCO1. The van der Waals surface area contributed by atoms with E-state index in [0.29, 0.717) is 0 Å². The van der Waals surface area contributed by atoms with Crippen LogP contribution in [0.15, 0.2) is 12.4 Å². The van der Waals surface area contributed by atoms with Gasteiger partial charge in [-0.3, -0.25) is 9.58 Å². The molecule has 1 aliphatic heterocycles. The standard InChI is InChI=1S/C13H24N4O/c1-10-8-17(5-4-6-18-10)13(11(2)14)12-7-15-16(3)9-12/h7,9-11,13H,4-6,8,14H2,1-3H3. The maximum atomic E-state index is 6.19. The fourth-order valence-electron chi connectivity index (χ4n) is 2.72. The summed E-state index contributed by atoms with van der Waals surface area (Å²) >= 11 is 0. The van der Waals surface area contributed by atoms with E-state index in [1.54, 1.807) is 0 Å². The Bertz CT molecular complexity index is 377. The monoisotopic (exact) mass is 252 g/mol. The van der Waals surface area contributed by atoms with Gasteiger partial charge in [-0.15, -0.1) is 0 Å². The molecule has 0 spiro atoms. The zero-order chi connectivity index (χ0) is 13.1. The number of hydrogen-bond acceptors (Lipinski definition) is 4. The highest BCUT2D eigenvalue weighted by Crippen LogP contribution is 2.25. The van der Waals surface area contributed by atoms with Crippen molar-refractivity contribution in [2.24, 2.45) is 12.8 Å². The number of aromatic nitrogens is 2. The van der Waals surface area contributed by atoms with Gasteiger partial charge in [-0.2, -0.15) is 5.10 Å². The predicted octanol–water partition coefficient (Wildman–Crippen LogP) is 0.919. The van der Waals surface area contributed by atoms with Crippen molar-refractivity contribution in [2.45, 2.75) is 38.5 Å². The van der Waals surface area contributed by atoms with Crippen molar-refractivity contribution in [1.82, 2.24) is 14.7 Å². The van der Waals surface area contributed by atoms with E-state index in [1.807, 2.05) is 17.9 Å². The van der Waals surface area contributed by atoms with Crippen molar-refractivity contribution in [2.75, 3.05) is 19.7 Å². The smallest absolute Gasteiger partial charge is 0.0674 e. The maximum Gasteiger partial charge on any atom is 0.0674 e. The van der Waals surface area contributed by atoms with Gasteiger partial charge in [0.1, 0.15) is 0 Å². The number of ether oxygens (including phenoxy) is 1. The van der Waals surface area contributed by atoms with Gasteiger partial charge in [0.05, 0.1) is 18.3 Å². The van der Waals surface area contributed by atoms with Crippen LogP contribution in [0.3, 0.4) is 0 Å². The number of nitrogens with two attached hydrogens (primary N) is 1. The minimum atomic E-state index is 0.0829. The Morgan fingerprint density at radius 3 is 2.94 bits per heavy atom. The first-order valence-electron chi connectivity index (χ1n) is 6.67. The summed E-state index contributed by atoms with van der Waals surface area (Å²) in [7, 11) is 1.94. The maximum absolute atomic E-state index is 6.19. The van der Waals surface area contributed by atoms with Crippen LogP contribution in [0, 0.1) is 0 Å². The Morgan fingerprint density at radius 1 is 1.56 bits per heavy atom. The van der Waals surface area contributed by atoms with E-state index in [9.17, 15) is 0 Å². The molecular formula is C13H24N4O. The third-order valence-electron chi connectivity index (χ3n) is 3.44. The van der Waals surface area contributed by atoms with Crippen LogP contribution in [0.2, 0.25) is 0 Å². The second-order valence-electron chi connectivity index (χ2n) is 5.28. The lowest BCUT2D eigenvalue weighted by atomic mass is 10.0. The van der Waals surface area contributed by atoms with Crippen LogP contribution in [0.1, 0.15) is 31.9 Å². The highest BCUT2D eigenvalue weighted by atomic mass is 16.5. The largest absolute Gasteiger partial charge is 0.377 e. The Hall–Kier alpha value is -0.910. The first-order chi connectivity index (χ1) is 8.58. The van der Waals surface area contributed by atoms with E-state index >= 15 is 0 Å². The average Bonchev–Trinajstić information content (AvgIpc) is 2.58. The third kappa shape index (κ3) is 3.10. The molecule has 1 aromatic heterocycles. The zero-order valence-electron chi connectivity index (χ0n) is 11.5. The number of hydrogen-bond donors (Lipinski definition) is 1. The van der Waals surface area contributed by atoms with E-state index in [1.165, 1.54) is 5.56 Å². The van der Waals surface area contributed by atoms with Crippen LogP contribution in [0.4, 0.5) is 0 Å². The van der Waals surface area contributed by atoms with E-state index in [-0.39, 0.29) is 18.2 Å². The van der Waals surface area contributed by atoms with Crippen LogP contribution in [-0.2, 0) is 11.8 Å². The predicted molar refractivity (Wildman–Crippen MR) is 71.2 cm³/mol. The van der Waals surface area contributed by atoms with Crippen LogP contribution in [-0.4, -0.2) is 46.5 Å². The molecule has 2 rings (SSSR count). The third-order valence-corrected chi connectivity index (χ3v) is 3.44. The highest BCUT2D eigenvalue weighted by molar-refractivity contribution is 5.13. The van der Waals surface area contributed by atoms with E-state index in [2.05, 4.69) is 30.0 Å². The summed E-state index contributed by atoms with van der Waals surface area (Å²) in [6.45, 7) is 7.00. The van der Waals surface area contributed by atoms with Gasteiger partial charge in [-0.05, 0) is 20.3 Å². The fraction of sp³-hybridized carbons (Fsp3) is 0.769. The highest BCUT2D eigenvalue weighted by Gasteiger charge is 2.27. The summed E-state index contributed by atoms with van der Waals surface area (Å²) in [6, 6.07) is 0.308. The molecule has 0 bridgehead atoms. The van der Waals surface area contributed by atoms with E-state index < -0.39 is 0 Å². The molecular weight excluding hydrogens is 228 g/mol. The summed E-state index contributed by atoms with van der Waals surface area (Å²) < 4.78 is 7.54. The molecule has 0 amide bonds. The van der Waals surface area contributed by atoms with Gasteiger partial charge in [0.25, 0.3) is 0 Å². The molecule has 2 heterocycles. The quantitative estimate of drug-likeness (QED) is 0.869. The molecule has 3 atom stereocenters. The first kappa shape index (κ1) is 13.5. The van der Waals surface area contributed by atoms with Crippen LogP contribution < -0.4 is 5.73 Å². The second-order valence-corrected chi connectivity index (χ2v) is 5.28. The summed E-state index contributed by atoms with van der Waals surface area (Å²) in [5.74, 6) is 0. The van der Waals surface area contributed by atoms with Crippen LogP contribution in [0.25, 0.3) is 0 Å². The molecule has 5 heteroatoms. The average molecular weight is 252 g/mol. The van der Waals surface area contributed by atoms with Crippen molar-refractivity contribution < 1.29 is 4.74 Å². The second kappa shape index (κ2) is 5.82. The molecule has 0 aliphatic carbocycles. The first-order valence-corrected chi connectivity index (χ1v) is 6.67. The lowest BCUT2D eigenvalue weighted by molar-refractivity contribution is 0.0583. The Morgan fingerprint density at radius 2 is 2.33 bits per heavy atom. The van der Waals surface area contributed by atoms with Gasteiger partial charge in [-0.1, -0.05) is 0 Å². The van der Waals surface area contributed by atoms with Crippen LogP contribution in [0.5, 0.6) is 0 Å². The van der Waals surface area contributed by atoms with Gasteiger partial charge in [0.15, 0.2) is 0 Å². The molecule has 1 aromatic rings. The van der Waals surface area contributed by atoms with Gasteiger partial charge in [-0.25, -0.2) is 0 Å². The van der Waals surface area contributed by atoms with Gasteiger partial charge < -0.3 is 10.5 Å². The molecule has 0 radical (unpaired) electrons. The van der Waals surface area contributed by atoms with Crippen LogP contribution >= 0.6 is 0 Å². The Balaban J connectivity index is 2.18. The van der Waals surface area contributed by atoms with Crippen molar-refractivity contribution >= 4 is 0 Å². The van der Waals surface area contributed by atoms with Gasteiger partial charge >= 0.3 is 0 Å². The number of aryl methyl sites for hydroxylation is 1. The Kier molecular flexibility index (Phi) is 4.37. The summed E-state index contributed by atoms with van der Waals surface area (Å²) in [4.78, 5) is 2.43. The normalized spacial score (nSPS) is 25.7. The molecule has 102 valence electrons. The van der Waals surface area contributed by atoms with Gasteiger partial charge in [0, 0.05) is 44.5 Å².